The average Bonchev–Trinajstić information content (AvgIpc) is 2.40. The van der Waals surface area contributed by atoms with Crippen molar-refractivity contribution in [1.29, 1.82) is 0 Å². The number of amides is 1. The number of rotatable bonds is 4. The highest BCUT2D eigenvalue weighted by Gasteiger charge is 2.09. The Morgan fingerprint density at radius 2 is 1.86 bits per heavy atom. The Hall–Kier alpha value is -2.03. The molecule has 1 amide bonds. The zero-order valence-electron chi connectivity index (χ0n) is 10.7. The molecule has 0 saturated heterocycles. The number of halogens is 1. The van der Waals surface area contributed by atoms with E-state index in [1.165, 1.54) is 12.4 Å². The van der Waals surface area contributed by atoms with Crippen molar-refractivity contribution in [1.82, 2.24) is 9.97 Å². The Bertz CT molecular complexity index is 745. The minimum Gasteiger partial charge on any atom is -0.321 e. The summed E-state index contributed by atoms with van der Waals surface area (Å²) < 4.78 is 21.9. The number of benzene rings is 1. The lowest BCUT2D eigenvalue weighted by atomic mass is 10.2. The maximum atomic E-state index is 11.9. The van der Waals surface area contributed by atoms with Crippen LogP contribution in [0.4, 0.5) is 5.69 Å². The van der Waals surface area contributed by atoms with Gasteiger partial charge in [0, 0.05) is 5.69 Å². The third-order valence-corrected chi connectivity index (χ3v) is 3.36. The van der Waals surface area contributed by atoms with Crippen molar-refractivity contribution in [3.05, 3.63) is 53.1 Å². The van der Waals surface area contributed by atoms with Crippen LogP contribution in [0, 0.1) is 0 Å². The van der Waals surface area contributed by atoms with E-state index in [9.17, 15) is 13.2 Å². The molecule has 0 aliphatic carbocycles. The molecule has 2 rings (SSSR count). The van der Waals surface area contributed by atoms with E-state index in [1.54, 1.807) is 24.3 Å². The van der Waals surface area contributed by atoms with Gasteiger partial charge in [0.05, 0.1) is 18.1 Å². The molecule has 1 aromatic heterocycles. The first kappa shape index (κ1) is 15.4. The fourth-order valence-electron chi connectivity index (χ4n) is 1.54. The van der Waals surface area contributed by atoms with Crippen LogP contribution in [0.25, 0.3) is 0 Å². The summed E-state index contributed by atoms with van der Waals surface area (Å²) in [6.45, 7) is 0. The minimum absolute atomic E-state index is 0.119. The summed E-state index contributed by atoms with van der Waals surface area (Å²) in [6.07, 6.45) is 2.53. The van der Waals surface area contributed by atoms with Gasteiger partial charge in [-0.2, -0.15) is 0 Å². The monoisotopic (exact) mass is 326 g/mol. The first-order valence-corrected chi connectivity index (χ1v) is 7.81. The average molecular weight is 327 g/mol. The second kappa shape index (κ2) is 6.17. The van der Waals surface area contributed by atoms with Gasteiger partial charge in [0.1, 0.15) is 10.8 Å². The molecule has 7 nitrogen and oxygen atoms in total. The summed E-state index contributed by atoms with van der Waals surface area (Å²) in [5.74, 6) is -0.706. The first-order valence-electron chi connectivity index (χ1n) is 5.72. The third-order valence-electron chi connectivity index (χ3n) is 2.43. The minimum atomic E-state index is -3.58. The largest absolute Gasteiger partial charge is 0.321 e. The number of nitrogens with two attached hydrogens (primary N) is 1. The molecule has 0 bridgehead atoms. The van der Waals surface area contributed by atoms with Crippen molar-refractivity contribution in [2.75, 3.05) is 5.32 Å². The maximum absolute atomic E-state index is 11.9. The van der Waals surface area contributed by atoms with Crippen molar-refractivity contribution >= 4 is 33.2 Å². The van der Waals surface area contributed by atoms with E-state index in [-0.39, 0.29) is 16.6 Å². The summed E-state index contributed by atoms with van der Waals surface area (Å²) in [6, 6.07) is 6.27. The van der Waals surface area contributed by atoms with Crippen molar-refractivity contribution in [3.63, 3.8) is 0 Å². The molecule has 0 unspecified atom stereocenters. The standard InChI is InChI=1S/C12H11ClN4O3S/c13-11-6-15-10(5-16-11)12(18)17-9-3-1-8(2-4-9)7-21(14,19)20/h1-6H,7H2,(H,17,18)(H2,14,19,20). The van der Waals surface area contributed by atoms with Gasteiger partial charge in [0.2, 0.25) is 10.0 Å². The number of carbonyl (C=O) groups excluding carboxylic acids is 1. The number of nitrogens with zero attached hydrogens (tertiary/aromatic N) is 2. The van der Waals surface area contributed by atoms with Crippen molar-refractivity contribution in [3.8, 4) is 0 Å². The molecule has 1 heterocycles. The molecule has 0 spiro atoms. The molecule has 0 atom stereocenters. The Morgan fingerprint density at radius 1 is 1.19 bits per heavy atom. The Morgan fingerprint density at radius 3 is 2.38 bits per heavy atom. The lowest BCUT2D eigenvalue weighted by Gasteiger charge is -2.05. The summed E-state index contributed by atoms with van der Waals surface area (Å²) in [4.78, 5) is 19.5. The van der Waals surface area contributed by atoms with Gasteiger partial charge in [-0.1, -0.05) is 23.7 Å². The molecule has 1 aromatic carbocycles. The van der Waals surface area contributed by atoms with Gasteiger partial charge in [-0.3, -0.25) is 4.79 Å². The van der Waals surface area contributed by atoms with E-state index in [0.717, 1.165) is 0 Å². The van der Waals surface area contributed by atoms with Crippen LogP contribution in [0.5, 0.6) is 0 Å². The zero-order valence-corrected chi connectivity index (χ0v) is 12.2. The van der Waals surface area contributed by atoms with Crippen LogP contribution in [-0.4, -0.2) is 24.3 Å². The molecule has 0 radical (unpaired) electrons. The van der Waals surface area contributed by atoms with Crippen LogP contribution in [-0.2, 0) is 15.8 Å². The van der Waals surface area contributed by atoms with E-state index in [2.05, 4.69) is 15.3 Å². The fourth-order valence-corrected chi connectivity index (χ4v) is 2.30. The molecule has 0 aliphatic heterocycles. The highest BCUT2D eigenvalue weighted by Crippen LogP contribution is 2.12. The molecule has 0 aliphatic rings. The molecule has 2 aromatic rings. The van der Waals surface area contributed by atoms with Gasteiger partial charge in [-0.15, -0.1) is 0 Å². The van der Waals surface area contributed by atoms with Crippen LogP contribution in [0.1, 0.15) is 16.1 Å². The lowest BCUT2D eigenvalue weighted by Crippen LogP contribution is -2.15. The van der Waals surface area contributed by atoms with E-state index in [1.807, 2.05) is 0 Å². The maximum Gasteiger partial charge on any atom is 0.275 e. The number of carbonyl (C=O) groups is 1. The molecular weight excluding hydrogens is 316 g/mol. The van der Waals surface area contributed by atoms with Crippen molar-refractivity contribution in [2.45, 2.75) is 5.75 Å². The molecule has 0 saturated carbocycles. The zero-order chi connectivity index (χ0) is 15.5. The van der Waals surface area contributed by atoms with E-state index >= 15 is 0 Å². The normalized spacial score (nSPS) is 11.1. The Labute approximate surface area is 126 Å². The summed E-state index contributed by atoms with van der Waals surface area (Å²) >= 11 is 5.58. The summed E-state index contributed by atoms with van der Waals surface area (Å²) in [7, 11) is -3.58. The topological polar surface area (TPSA) is 115 Å². The van der Waals surface area contributed by atoms with Crippen molar-refractivity contribution < 1.29 is 13.2 Å². The molecule has 3 N–H and O–H groups in total. The SMILES string of the molecule is NS(=O)(=O)Cc1ccc(NC(=O)c2cnc(Cl)cn2)cc1. The van der Waals surface area contributed by atoms with Gasteiger partial charge in [0.15, 0.2) is 0 Å². The van der Waals surface area contributed by atoms with E-state index in [0.29, 0.717) is 11.3 Å². The third kappa shape index (κ3) is 4.78. The van der Waals surface area contributed by atoms with Gasteiger partial charge in [-0.05, 0) is 17.7 Å². The highest BCUT2D eigenvalue weighted by molar-refractivity contribution is 7.88. The summed E-state index contributed by atoms with van der Waals surface area (Å²) in [5.41, 5.74) is 1.14. The second-order valence-corrected chi connectivity index (χ2v) is 6.18. The molecular formula is C12H11ClN4O3S. The number of aromatic nitrogens is 2. The van der Waals surface area contributed by atoms with Crippen LogP contribution >= 0.6 is 11.6 Å². The van der Waals surface area contributed by atoms with Crippen LogP contribution in [0.15, 0.2) is 36.7 Å². The first-order chi connectivity index (χ1) is 9.83. The summed E-state index contributed by atoms with van der Waals surface area (Å²) in [5, 5.41) is 7.75. The van der Waals surface area contributed by atoms with E-state index < -0.39 is 15.9 Å². The number of hydrogen-bond donors (Lipinski definition) is 2. The van der Waals surface area contributed by atoms with Gasteiger partial charge in [0.25, 0.3) is 5.91 Å². The Kier molecular flexibility index (Phi) is 4.51. The predicted octanol–water partition coefficient (Wildman–Crippen LogP) is 1.17. The number of nitrogens with one attached hydrogen (secondary N) is 1. The highest BCUT2D eigenvalue weighted by atomic mass is 35.5. The van der Waals surface area contributed by atoms with Crippen LogP contribution in [0.3, 0.4) is 0 Å². The number of sulfonamides is 1. The van der Waals surface area contributed by atoms with Crippen molar-refractivity contribution in [2.24, 2.45) is 5.14 Å². The molecule has 0 fully saturated rings. The Balaban J connectivity index is 2.06. The fraction of sp³-hybridized carbons (Fsp3) is 0.0833. The molecule has 110 valence electrons. The van der Waals surface area contributed by atoms with Crippen LogP contribution in [0.2, 0.25) is 5.15 Å². The second-order valence-electron chi connectivity index (χ2n) is 4.18. The number of anilines is 1. The quantitative estimate of drug-likeness (QED) is 0.875. The van der Waals surface area contributed by atoms with E-state index in [4.69, 9.17) is 16.7 Å². The molecule has 9 heteroatoms. The number of hydrogen-bond acceptors (Lipinski definition) is 5. The van der Waals surface area contributed by atoms with Gasteiger partial charge in [-0.25, -0.2) is 23.5 Å². The molecule has 21 heavy (non-hydrogen) atoms. The van der Waals surface area contributed by atoms with Gasteiger partial charge < -0.3 is 5.32 Å². The van der Waals surface area contributed by atoms with Gasteiger partial charge >= 0.3 is 0 Å². The predicted molar refractivity (Wildman–Crippen MR) is 78.2 cm³/mol. The lowest BCUT2D eigenvalue weighted by molar-refractivity contribution is 0.102. The number of primary sulfonamides is 1. The van der Waals surface area contributed by atoms with Crippen LogP contribution < -0.4 is 10.5 Å². The smallest absolute Gasteiger partial charge is 0.275 e.